The van der Waals surface area contributed by atoms with Crippen LogP contribution in [0.25, 0.3) is 0 Å². The summed E-state index contributed by atoms with van der Waals surface area (Å²) in [6.45, 7) is 27.1. The first-order valence-corrected chi connectivity index (χ1v) is 26.9. The lowest BCUT2D eigenvalue weighted by Gasteiger charge is -2.28. The van der Waals surface area contributed by atoms with Crippen LogP contribution in [0.15, 0.2) is 84.9 Å². The molecule has 0 radical (unpaired) electrons. The van der Waals surface area contributed by atoms with Gasteiger partial charge in [0.2, 0.25) is 0 Å². The highest BCUT2D eigenvalue weighted by molar-refractivity contribution is 5.60. The van der Waals surface area contributed by atoms with Crippen LogP contribution in [0.1, 0.15) is 161 Å². The molecule has 16 bridgehead atoms. The Morgan fingerprint density at radius 1 is 0.308 bits per heavy atom. The van der Waals surface area contributed by atoms with Crippen molar-refractivity contribution in [2.75, 3.05) is 26.4 Å². The van der Waals surface area contributed by atoms with Gasteiger partial charge in [-0.1, -0.05) is 132 Å². The fourth-order valence-electron chi connectivity index (χ4n) is 9.89. The van der Waals surface area contributed by atoms with Crippen LogP contribution < -0.4 is 28.4 Å². The maximum atomic E-state index is 12.9. The predicted molar refractivity (Wildman–Crippen MR) is 310 cm³/mol. The summed E-state index contributed by atoms with van der Waals surface area (Å²) in [6.07, 6.45) is 1.42. The Morgan fingerprint density at radius 2 is 0.538 bits per heavy atom. The molecule has 1 aliphatic carbocycles. The average molecular weight is 1040 g/mol. The van der Waals surface area contributed by atoms with E-state index in [4.69, 9.17) is 28.4 Å². The zero-order valence-electron chi connectivity index (χ0n) is 47.5. The zero-order chi connectivity index (χ0) is 55.6. The second kappa shape index (κ2) is 22.1. The van der Waals surface area contributed by atoms with Gasteiger partial charge in [-0.3, -0.25) is 0 Å². The number of rotatable bonds is 0. The molecule has 0 amide bonds. The van der Waals surface area contributed by atoms with Crippen molar-refractivity contribution < 1.29 is 38.6 Å². The van der Waals surface area contributed by atoms with Crippen LogP contribution in [0.3, 0.4) is 0 Å². The summed E-state index contributed by atoms with van der Waals surface area (Å²) >= 11 is 0. The van der Waals surface area contributed by atoms with E-state index < -0.39 is 0 Å². The van der Waals surface area contributed by atoms with Gasteiger partial charge in [0, 0.05) is 37.8 Å². The summed E-state index contributed by atoms with van der Waals surface area (Å²) in [5, 5.41) is 25.8. The second-order valence-corrected chi connectivity index (χ2v) is 24.8. The third-order valence-electron chi connectivity index (χ3n) is 14.4. The van der Waals surface area contributed by atoms with Gasteiger partial charge in [-0.15, -0.1) is 0 Å². The number of aromatic hydroxyl groups is 2. The van der Waals surface area contributed by atoms with Gasteiger partial charge in [0.15, 0.2) is 0 Å². The van der Waals surface area contributed by atoms with E-state index >= 15 is 0 Å². The van der Waals surface area contributed by atoms with Crippen molar-refractivity contribution in [2.45, 2.75) is 144 Å². The average Bonchev–Trinajstić information content (AvgIpc) is 3.42. The van der Waals surface area contributed by atoms with Crippen LogP contribution in [0.5, 0.6) is 46.0 Å². The number of hydrogen-bond donors (Lipinski definition) is 2. The number of ether oxygens (including phenoxy) is 6. The molecule has 8 heteroatoms. The highest BCUT2D eigenvalue weighted by Gasteiger charge is 2.29. The zero-order valence-corrected chi connectivity index (χ0v) is 47.5. The van der Waals surface area contributed by atoms with Crippen LogP contribution in [-0.2, 0) is 60.6 Å². The lowest BCUT2D eigenvalue weighted by atomic mass is 9.79. The van der Waals surface area contributed by atoms with E-state index in [-0.39, 0.29) is 72.8 Å². The minimum atomic E-state index is -0.272. The van der Waals surface area contributed by atoms with Crippen molar-refractivity contribution in [3.05, 3.63) is 163 Å². The lowest BCUT2D eigenvalue weighted by molar-refractivity contribution is 0.296. The molecule has 78 heavy (non-hydrogen) atoms. The number of phenols is 2. The molecule has 0 atom stereocenters. The maximum absolute atomic E-state index is 12.9. The van der Waals surface area contributed by atoms with E-state index in [1.54, 1.807) is 12.1 Å². The lowest BCUT2D eigenvalue weighted by Crippen LogP contribution is -2.16. The van der Waals surface area contributed by atoms with Crippen molar-refractivity contribution >= 4 is 0 Å². The summed E-state index contributed by atoms with van der Waals surface area (Å²) in [5.74, 6) is 27.5. The summed E-state index contributed by atoms with van der Waals surface area (Å²) in [7, 11) is 0. The van der Waals surface area contributed by atoms with Crippen LogP contribution in [0.2, 0.25) is 0 Å². The van der Waals surface area contributed by atoms with Crippen molar-refractivity contribution in [1.29, 1.82) is 0 Å². The Labute approximate surface area is 462 Å². The largest absolute Gasteiger partial charge is 0.507 e. The fourth-order valence-corrected chi connectivity index (χ4v) is 9.89. The molecule has 0 saturated carbocycles. The molecule has 6 aromatic rings. The topological polar surface area (TPSA) is 95.8 Å². The van der Waals surface area contributed by atoms with Gasteiger partial charge in [0.1, 0.15) is 85.6 Å². The third kappa shape index (κ3) is 13.2. The SMILES string of the molecule is CC(C)(C)c1cc2c(O)c(c1)Cc1cc(C(C)(C)C)cc3c1OCc1cc4cc(c1)OCC#CC#CCOc1cc(cc(c1)OCC#CC#CCO4)COc1c(cc(C(C)(C)C)cc1Cc1cc(C(C)(C)C)cc(c1O)C3)C2. The van der Waals surface area contributed by atoms with Gasteiger partial charge < -0.3 is 38.6 Å². The molecular formula is C70H72O8. The van der Waals surface area contributed by atoms with Gasteiger partial charge in [-0.05, 0) is 171 Å². The van der Waals surface area contributed by atoms with E-state index in [0.717, 1.165) is 77.9 Å². The molecule has 6 aliphatic rings. The molecule has 5 aliphatic heterocycles. The van der Waals surface area contributed by atoms with Gasteiger partial charge in [-0.2, -0.15) is 0 Å². The number of phenolic OH excluding ortho intramolecular Hbond substituents is 2. The van der Waals surface area contributed by atoms with Gasteiger partial charge in [0.25, 0.3) is 0 Å². The molecule has 5 heterocycles. The van der Waals surface area contributed by atoms with Crippen molar-refractivity contribution in [2.24, 2.45) is 0 Å². The Hall–Kier alpha value is -8.04. The molecule has 0 unspecified atom stereocenters. The normalized spacial score (nSPS) is 14.6. The van der Waals surface area contributed by atoms with Crippen LogP contribution in [-0.4, -0.2) is 36.6 Å². The molecule has 2 N–H and O–H groups in total. The second-order valence-electron chi connectivity index (χ2n) is 24.8. The summed E-state index contributed by atoms with van der Waals surface area (Å²) < 4.78 is 39.3. The minimum Gasteiger partial charge on any atom is -0.507 e. The Bertz CT molecular complexity index is 3140. The van der Waals surface area contributed by atoms with E-state index in [2.05, 4.69) is 179 Å². The van der Waals surface area contributed by atoms with E-state index in [0.29, 0.717) is 60.2 Å². The number of benzene rings is 6. The first-order chi connectivity index (χ1) is 36.9. The first kappa shape index (κ1) is 54.7. The van der Waals surface area contributed by atoms with Gasteiger partial charge in [0.05, 0.1) is 0 Å². The Kier molecular flexibility index (Phi) is 15.5. The monoisotopic (exact) mass is 1040 g/mol. The maximum Gasteiger partial charge on any atom is 0.150 e. The third-order valence-corrected chi connectivity index (χ3v) is 14.4. The molecule has 0 saturated heterocycles. The standard InChI is InChI=1S/C70H72O8/c1-67(2,3)55-33-47-29-51-37-57(69(7,8)9)39-53-31-49-35-56(68(4,5)6)36-50(64(49)72)32-54-40-58(70(10,11)12)38-52(30-48(34-55)63(47)71)66(54)78-44-46-27-61-42-62(28-46)76-24-20-16-14-18-22-74-60-26-45(43-77-65(51)53)25-59(41-60)73-21-17-13-15-19-23-75-61/h25-28,33-42,71-72H,21-24,29-32,43-44H2,1-12H3. The van der Waals surface area contributed by atoms with Gasteiger partial charge in [-0.25, -0.2) is 0 Å². The van der Waals surface area contributed by atoms with E-state index in [1.807, 2.05) is 24.3 Å². The van der Waals surface area contributed by atoms with Crippen LogP contribution in [0.4, 0.5) is 0 Å². The van der Waals surface area contributed by atoms with Crippen molar-refractivity contribution in [1.82, 2.24) is 0 Å². The molecule has 0 spiro atoms. The highest BCUT2D eigenvalue weighted by Crippen LogP contribution is 2.44. The first-order valence-electron chi connectivity index (χ1n) is 26.9. The summed E-state index contributed by atoms with van der Waals surface area (Å²) in [4.78, 5) is 0. The Balaban J connectivity index is 1.38. The molecule has 0 aromatic heterocycles. The molecule has 8 nitrogen and oxygen atoms in total. The van der Waals surface area contributed by atoms with E-state index in [9.17, 15) is 10.2 Å². The predicted octanol–water partition coefficient (Wildman–Crippen LogP) is 13.7. The highest BCUT2D eigenvalue weighted by atomic mass is 16.5. The molecular weight excluding hydrogens is 969 g/mol. The fraction of sp³-hybridized carbons (Fsp3) is 0.371. The summed E-state index contributed by atoms with van der Waals surface area (Å²) in [5.41, 5.74) is 11.6. The minimum absolute atomic E-state index is 0.0700. The van der Waals surface area contributed by atoms with Crippen LogP contribution >= 0.6 is 0 Å². The Morgan fingerprint density at radius 3 is 0.769 bits per heavy atom. The smallest absolute Gasteiger partial charge is 0.150 e. The molecule has 12 rings (SSSR count). The van der Waals surface area contributed by atoms with Crippen molar-refractivity contribution in [3.63, 3.8) is 0 Å². The summed E-state index contributed by atoms with van der Waals surface area (Å²) in [6, 6.07) is 28.9. The van der Waals surface area contributed by atoms with Crippen LogP contribution in [0, 0.1) is 47.4 Å². The van der Waals surface area contributed by atoms with Gasteiger partial charge >= 0.3 is 0 Å². The molecule has 400 valence electrons. The molecule has 6 aromatic carbocycles. The molecule has 0 fully saturated rings. The van der Waals surface area contributed by atoms with E-state index in [1.165, 1.54) is 0 Å². The van der Waals surface area contributed by atoms with Crippen molar-refractivity contribution in [3.8, 4) is 93.4 Å². The number of hydrogen-bond acceptors (Lipinski definition) is 8. The quantitative estimate of drug-likeness (QED) is 0.145.